The molecule has 0 radical (unpaired) electrons. The summed E-state index contributed by atoms with van der Waals surface area (Å²) in [5, 5.41) is 12.4. The highest BCUT2D eigenvalue weighted by molar-refractivity contribution is 7.15. The number of hydrogen-bond acceptors (Lipinski definition) is 6. The second kappa shape index (κ2) is 7.41. The fourth-order valence-electron chi connectivity index (χ4n) is 2.02. The van der Waals surface area contributed by atoms with Crippen LogP contribution in [0.3, 0.4) is 0 Å². The average Bonchev–Trinajstić information content (AvgIpc) is 3.30. The Labute approximate surface area is 138 Å². The summed E-state index contributed by atoms with van der Waals surface area (Å²) in [4.78, 5) is 11.9. The van der Waals surface area contributed by atoms with Crippen LogP contribution in [0.15, 0.2) is 24.3 Å². The van der Waals surface area contributed by atoms with Gasteiger partial charge >= 0.3 is 0 Å². The van der Waals surface area contributed by atoms with Crippen molar-refractivity contribution in [2.45, 2.75) is 32.1 Å². The molecule has 7 heteroatoms. The number of benzene rings is 1. The van der Waals surface area contributed by atoms with Crippen molar-refractivity contribution < 1.29 is 14.3 Å². The van der Waals surface area contributed by atoms with Crippen LogP contribution in [-0.4, -0.2) is 29.3 Å². The number of nitrogens with one attached hydrogen (secondary N) is 1. The molecule has 1 N–H and O–H groups in total. The molecule has 1 amide bonds. The van der Waals surface area contributed by atoms with Crippen molar-refractivity contribution >= 4 is 22.4 Å². The summed E-state index contributed by atoms with van der Waals surface area (Å²) in [5.74, 6) is 1.96. The molecule has 1 aromatic carbocycles. The number of hydrogen-bond donors (Lipinski definition) is 1. The van der Waals surface area contributed by atoms with Crippen LogP contribution in [0.1, 0.15) is 37.1 Å². The van der Waals surface area contributed by atoms with E-state index in [0.29, 0.717) is 30.0 Å². The zero-order valence-electron chi connectivity index (χ0n) is 12.9. The smallest absolute Gasteiger partial charge is 0.229 e. The Morgan fingerprint density at radius 1 is 1.22 bits per heavy atom. The first-order valence-electron chi connectivity index (χ1n) is 7.73. The SMILES string of the molecule is CCOc1ccc(OCCC(=O)Nc2nnc(C3CC3)s2)cc1. The first-order chi connectivity index (χ1) is 11.2. The molecule has 1 heterocycles. The lowest BCUT2D eigenvalue weighted by molar-refractivity contribution is -0.116. The number of amides is 1. The predicted octanol–water partition coefficient (Wildman–Crippen LogP) is 3.22. The standard InChI is InChI=1S/C16H19N3O3S/c1-2-21-12-5-7-13(8-6-12)22-10-9-14(20)17-16-19-18-15(23-16)11-3-4-11/h5-8,11H,2-4,9-10H2,1H3,(H,17,19,20). The number of carbonyl (C=O) groups is 1. The van der Waals surface area contributed by atoms with E-state index in [2.05, 4.69) is 15.5 Å². The van der Waals surface area contributed by atoms with Gasteiger partial charge in [-0.1, -0.05) is 11.3 Å². The van der Waals surface area contributed by atoms with Crippen molar-refractivity contribution in [3.05, 3.63) is 29.3 Å². The average molecular weight is 333 g/mol. The third-order valence-corrected chi connectivity index (χ3v) is 4.35. The van der Waals surface area contributed by atoms with Gasteiger partial charge in [0.15, 0.2) is 0 Å². The molecule has 1 aromatic heterocycles. The molecular formula is C16H19N3O3S. The van der Waals surface area contributed by atoms with Gasteiger partial charge in [0.1, 0.15) is 16.5 Å². The van der Waals surface area contributed by atoms with E-state index >= 15 is 0 Å². The molecule has 23 heavy (non-hydrogen) atoms. The zero-order valence-corrected chi connectivity index (χ0v) is 13.8. The summed E-state index contributed by atoms with van der Waals surface area (Å²) in [6.07, 6.45) is 2.63. The van der Waals surface area contributed by atoms with Gasteiger partial charge in [-0.2, -0.15) is 0 Å². The van der Waals surface area contributed by atoms with Crippen molar-refractivity contribution in [2.75, 3.05) is 18.5 Å². The Morgan fingerprint density at radius 2 is 1.91 bits per heavy atom. The van der Waals surface area contributed by atoms with Crippen LogP contribution in [0.4, 0.5) is 5.13 Å². The summed E-state index contributed by atoms with van der Waals surface area (Å²) in [7, 11) is 0. The zero-order chi connectivity index (χ0) is 16.1. The third kappa shape index (κ3) is 4.66. The summed E-state index contributed by atoms with van der Waals surface area (Å²) in [6.45, 7) is 2.89. The predicted molar refractivity (Wildman–Crippen MR) is 88.2 cm³/mol. The fourth-order valence-corrected chi connectivity index (χ4v) is 2.95. The monoisotopic (exact) mass is 333 g/mol. The van der Waals surface area contributed by atoms with Gasteiger partial charge in [-0.15, -0.1) is 10.2 Å². The van der Waals surface area contributed by atoms with E-state index in [1.54, 1.807) is 0 Å². The van der Waals surface area contributed by atoms with Crippen LogP contribution in [0.5, 0.6) is 11.5 Å². The lowest BCUT2D eigenvalue weighted by Crippen LogP contribution is -2.15. The molecule has 1 aliphatic rings. The second-order valence-corrected chi connectivity index (χ2v) is 6.28. The number of aromatic nitrogens is 2. The van der Waals surface area contributed by atoms with Crippen LogP contribution >= 0.6 is 11.3 Å². The van der Waals surface area contributed by atoms with Gasteiger partial charge in [-0.05, 0) is 44.0 Å². The Hall–Kier alpha value is -2.15. The summed E-state index contributed by atoms with van der Waals surface area (Å²) >= 11 is 1.46. The molecule has 1 saturated carbocycles. The molecular weight excluding hydrogens is 314 g/mol. The van der Waals surface area contributed by atoms with Crippen molar-refractivity contribution in [2.24, 2.45) is 0 Å². The highest BCUT2D eigenvalue weighted by atomic mass is 32.1. The van der Waals surface area contributed by atoms with Crippen LogP contribution < -0.4 is 14.8 Å². The van der Waals surface area contributed by atoms with E-state index in [-0.39, 0.29) is 12.3 Å². The first kappa shape index (κ1) is 15.7. The number of anilines is 1. The lowest BCUT2D eigenvalue weighted by atomic mass is 10.3. The van der Waals surface area contributed by atoms with Crippen LogP contribution in [0.25, 0.3) is 0 Å². The lowest BCUT2D eigenvalue weighted by Gasteiger charge is -2.07. The second-order valence-electron chi connectivity index (χ2n) is 5.27. The van der Waals surface area contributed by atoms with Gasteiger partial charge in [0.2, 0.25) is 11.0 Å². The fraction of sp³-hybridized carbons (Fsp3) is 0.438. The largest absolute Gasteiger partial charge is 0.494 e. The van der Waals surface area contributed by atoms with Gasteiger partial charge in [0, 0.05) is 5.92 Å². The van der Waals surface area contributed by atoms with E-state index in [4.69, 9.17) is 9.47 Å². The van der Waals surface area contributed by atoms with E-state index < -0.39 is 0 Å². The Morgan fingerprint density at radius 3 is 2.57 bits per heavy atom. The minimum atomic E-state index is -0.116. The molecule has 1 fully saturated rings. The van der Waals surface area contributed by atoms with Crippen LogP contribution in [0.2, 0.25) is 0 Å². The highest BCUT2D eigenvalue weighted by Gasteiger charge is 2.27. The van der Waals surface area contributed by atoms with Crippen molar-refractivity contribution in [1.29, 1.82) is 0 Å². The summed E-state index contributed by atoms with van der Waals surface area (Å²) in [6, 6.07) is 7.35. The van der Waals surface area contributed by atoms with Gasteiger partial charge in [-0.3, -0.25) is 4.79 Å². The van der Waals surface area contributed by atoms with Gasteiger partial charge < -0.3 is 14.8 Å². The minimum Gasteiger partial charge on any atom is -0.494 e. The molecule has 0 atom stereocenters. The normalized spacial score (nSPS) is 13.6. The highest BCUT2D eigenvalue weighted by Crippen LogP contribution is 2.42. The van der Waals surface area contributed by atoms with Gasteiger partial charge in [-0.25, -0.2) is 0 Å². The molecule has 0 unspecified atom stereocenters. The van der Waals surface area contributed by atoms with Crippen LogP contribution in [0, 0.1) is 0 Å². The Kier molecular flexibility index (Phi) is 5.07. The molecule has 6 nitrogen and oxygen atoms in total. The first-order valence-corrected chi connectivity index (χ1v) is 8.55. The maximum absolute atomic E-state index is 11.9. The number of rotatable bonds is 8. The number of ether oxygens (including phenoxy) is 2. The molecule has 0 aliphatic heterocycles. The third-order valence-electron chi connectivity index (χ3n) is 3.35. The summed E-state index contributed by atoms with van der Waals surface area (Å²) < 4.78 is 10.9. The van der Waals surface area contributed by atoms with Crippen LogP contribution in [-0.2, 0) is 4.79 Å². The quantitative estimate of drug-likeness (QED) is 0.803. The molecule has 0 spiro atoms. The minimum absolute atomic E-state index is 0.116. The van der Waals surface area contributed by atoms with E-state index in [1.807, 2.05) is 31.2 Å². The van der Waals surface area contributed by atoms with E-state index in [1.165, 1.54) is 24.2 Å². The maximum atomic E-state index is 11.9. The molecule has 3 rings (SSSR count). The van der Waals surface area contributed by atoms with Crippen molar-refractivity contribution in [3.8, 4) is 11.5 Å². The topological polar surface area (TPSA) is 73.3 Å². The van der Waals surface area contributed by atoms with E-state index in [0.717, 1.165) is 10.8 Å². The molecule has 0 saturated heterocycles. The maximum Gasteiger partial charge on any atom is 0.229 e. The van der Waals surface area contributed by atoms with Crippen molar-refractivity contribution in [3.63, 3.8) is 0 Å². The molecule has 0 bridgehead atoms. The Bertz CT molecular complexity index is 653. The number of carbonyl (C=O) groups excluding carboxylic acids is 1. The summed E-state index contributed by atoms with van der Waals surface area (Å²) in [5.41, 5.74) is 0. The molecule has 2 aromatic rings. The Balaban J connectivity index is 1.39. The van der Waals surface area contributed by atoms with Gasteiger partial charge in [0.25, 0.3) is 0 Å². The van der Waals surface area contributed by atoms with Gasteiger partial charge in [0.05, 0.1) is 19.6 Å². The van der Waals surface area contributed by atoms with Crippen molar-refractivity contribution in [1.82, 2.24) is 10.2 Å². The van der Waals surface area contributed by atoms with E-state index in [9.17, 15) is 4.79 Å². The molecule has 1 aliphatic carbocycles. The number of nitrogens with zero attached hydrogens (tertiary/aromatic N) is 2. The molecule has 122 valence electrons.